The number of hydrogen-bond donors (Lipinski definition) is 1. The molecule has 1 amide bonds. The summed E-state index contributed by atoms with van der Waals surface area (Å²) in [7, 11) is 0. The first-order chi connectivity index (χ1) is 11.5. The predicted octanol–water partition coefficient (Wildman–Crippen LogP) is 3.02. The van der Waals surface area contributed by atoms with Crippen molar-refractivity contribution in [3.8, 4) is 5.75 Å². The molecule has 1 saturated heterocycles. The molecule has 0 radical (unpaired) electrons. The van der Waals surface area contributed by atoms with Crippen LogP contribution in [0, 0.1) is 6.92 Å². The molecule has 0 bridgehead atoms. The standard InChI is InChI=1S/C18H19ClN2O3/c1-12-4-9-16(17(22)20-12)18(23)21-10-2-3-14(21)11-24-15-7-5-13(19)6-8-15/h4-9,14H,2-3,10-11H2,1H3,(H,20,22). The van der Waals surface area contributed by atoms with Gasteiger partial charge in [-0.15, -0.1) is 0 Å². The molecule has 5 nitrogen and oxygen atoms in total. The Bertz CT molecular complexity index is 786. The van der Waals surface area contributed by atoms with Gasteiger partial charge in [0, 0.05) is 17.3 Å². The molecule has 0 aliphatic carbocycles. The number of carbonyl (C=O) groups is 1. The van der Waals surface area contributed by atoms with E-state index in [1.165, 1.54) is 0 Å². The van der Waals surface area contributed by atoms with Gasteiger partial charge in [-0.2, -0.15) is 0 Å². The van der Waals surface area contributed by atoms with Crippen LogP contribution in [0.5, 0.6) is 5.75 Å². The van der Waals surface area contributed by atoms with Crippen LogP contribution in [0.15, 0.2) is 41.2 Å². The maximum Gasteiger partial charge on any atom is 0.260 e. The lowest BCUT2D eigenvalue weighted by Gasteiger charge is -2.24. The van der Waals surface area contributed by atoms with Crippen LogP contribution in [-0.2, 0) is 0 Å². The van der Waals surface area contributed by atoms with Crippen molar-refractivity contribution in [2.75, 3.05) is 13.2 Å². The Morgan fingerprint density at radius 1 is 1.29 bits per heavy atom. The van der Waals surface area contributed by atoms with Crippen LogP contribution in [0.3, 0.4) is 0 Å². The van der Waals surface area contributed by atoms with Gasteiger partial charge in [0.2, 0.25) is 0 Å². The van der Waals surface area contributed by atoms with Gasteiger partial charge in [0.15, 0.2) is 0 Å². The molecular formula is C18H19ClN2O3. The lowest BCUT2D eigenvalue weighted by Crippen LogP contribution is -2.41. The Balaban J connectivity index is 1.69. The molecule has 1 unspecified atom stereocenters. The number of ether oxygens (including phenoxy) is 1. The number of H-pyrrole nitrogens is 1. The van der Waals surface area contributed by atoms with Gasteiger partial charge < -0.3 is 14.6 Å². The quantitative estimate of drug-likeness (QED) is 0.925. The molecule has 3 rings (SSSR count). The monoisotopic (exact) mass is 346 g/mol. The van der Waals surface area contributed by atoms with E-state index in [2.05, 4.69) is 4.98 Å². The largest absolute Gasteiger partial charge is 0.491 e. The molecule has 6 heteroatoms. The van der Waals surface area contributed by atoms with Crippen molar-refractivity contribution in [3.63, 3.8) is 0 Å². The lowest BCUT2D eigenvalue weighted by atomic mass is 10.2. The minimum atomic E-state index is -0.343. The number of rotatable bonds is 4. The first kappa shape index (κ1) is 16.6. The van der Waals surface area contributed by atoms with Crippen LogP contribution in [0.4, 0.5) is 0 Å². The lowest BCUT2D eigenvalue weighted by molar-refractivity contribution is 0.0690. The smallest absolute Gasteiger partial charge is 0.260 e. The highest BCUT2D eigenvalue weighted by molar-refractivity contribution is 6.30. The van der Waals surface area contributed by atoms with Crippen LogP contribution in [0.1, 0.15) is 28.9 Å². The van der Waals surface area contributed by atoms with Crippen molar-refractivity contribution in [2.45, 2.75) is 25.8 Å². The number of likely N-dealkylation sites (tertiary alicyclic amines) is 1. The maximum atomic E-state index is 12.7. The van der Waals surface area contributed by atoms with Crippen molar-refractivity contribution in [1.29, 1.82) is 0 Å². The normalized spacial score (nSPS) is 17.1. The number of halogens is 1. The van der Waals surface area contributed by atoms with E-state index in [4.69, 9.17) is 16.3 Å². The second-order valence-corrected chi connectivity index (χ2v) is 6.38. The second-order valence-electron chi connectivity index (χ2n) is 5.94. The summed E-state index contributed by atoms with van der Waals surface area (Å²) in [5, 5.41) is 0.651. The SMILES string of the molecule is Cc1ccc(C(=O)N2CCCC2COc2ccc(Cl)cc2)c(=O)[nH]1. The van der Waals surface area contributed by atoms with Crippen molar-refractivity contribution in [2.24, 2.45) is 0 Å². The molecule has 1 fully saturated rings. The van der Waals surface area contributed by atoms with Gasteiger partial charge in [0.1, 0.15) is 17.9 Å². The number of nitrogens with one attached hydrogen (secondary N) is 1. The van der Waals surface area contributed by atoms with Gasteiger partial charge in [-0.1, -0.05) is 11.6 Å². The van der Waals surface area contributed by atoms with Crippen molar-refractivity contribution in [1.82, 2.24) is 9.88 Å². The zero-order chi connectivity index (χ0) is 17.1. The maximum absolute atomic E-state index is 12.7. The zero-order valence-corrected chi connectivity index (χ0v) is 14.2. The fourth-order valence-corrected chi connectivity index (χ4v) is 3.02. The number of benzene rings is 1. The number of hydrogen-bond acceptors (Lipinski definition) is 3. The van der Waals surface area contributed by atoms with E-state index in [1.54, 1.807) is 48.2 Å². The van der Waals surface area contributed by atoms with Crippen LogP contribution in [-0.4, -0.2) is 35.0 Å². The summed E-state index contributed by atoms with van der Waals surface area (Å²) < 4.78 is 5.77. The average molecular weight is 347 g/mol. The van der Waals surface area contributed by atoms with Crippen LogP contribution in [0.25, 0.3) is 0 Å². The van der Waals surface area contributed by atoms with Crippen LogP contribution >= 0.6 is 11.6 Å². The molecule has 1 aromatic heterocycles. The molecule has 1 atom stereocenters. The Hall–Kier alpha value is -2.27. The topological polar surface area (TPSA) is 62.4 Å². The van der Waals surface area contributed by atoms with E-state index in [-0.39, 0.29) is 23.1 Å². The number of amides is 1. The summed E-state index contributed by atoms with van der Waals surface area (Å²) in [6.45, 7) is 2.83. The first-order valence-corrected chi connectivity index (χ1v) is 8.31. The molecule has 0 spiro atoms. The number of carbonyl (C=O) groups excluding carboxylic acids is 1. The molecule has 1 aliphatic rings. The van der Waals surface area contributed by atoms with E-state index in [0.717, 1.165) is 18.5 Å². The van der Waals surface area contributed by atoms with E-state index in [0.29, 0.717) is 23.9 Å². The highest BCUT2D eigenvalue weighted by Crippen LogP contribution is 2.22. The fourth-order valence-electron chi connectivity index (χ4n) is 2.89. The highest BCUT2D eigenvalue weighted by Gasteiger charge is 2.31. The van der Waals surface area contributed by atoms with E-state index in [1.807, 2.05) is 0 Å². The number of aromatic amines is 1. The third-order valence-electron chi connectivity index (χ3n) is 4.18. The number of pyridine rings is 1. The molecule has 2 aromatic rings. The van der Waals surface area contributed by atoms with Crippen molar-refractivity contribution >= 4 is 17.5 Å². The fraction of sp³-hybridized carbons (Fsp3) is 0.333. The van der Waals surface area contributed by atoms with Gasteiger partial charge in [0.05, 0.1) is 6.04 Å². The average Bonchev–Trinajstić information content (AvgIpc) is 3.02. The van der Waals surface area contributed by atoms with Gasteiger partial charge in [0.25, 0.3) is 11.5 Å². The molecule has 1 aromatic carbocycles. The summed E-state index contributed by atoms with van der Waals surface area (Å²) >= 11 is 5.86. The first-order valence-electron chi connectivity index (χ1n) is 7.94. The van der Waals surface area contributed by atoms with Gasteiger partial charge in [-0.05, 0) is 56.2 Å². The van der Waals surface area contributed by atoms with E-state index in [9.17, 15) is 9.59 Å². The van der Waals surface area contributed by atoms with E-state index >= 15 is 0 Å². The Morgan fingerprint density at radius 3 is 2.75 bits per heavy atom. The van der Waals surface area contributed by atoms with Gasteiger partial charge in [-0.3, -0.25) is 9.59 Å². The van der Waals surface area contributed by atoms with Crippen molar-refractivity contribution in [3.05, 3.63) is 63.0 Å². The minimum absolute atomic E-state index is 0.0334. The van der Waals surface area contributed by atoms with E-state index < -0.39 is 0 Å². The predicted molar refractivity (Wildman–Crippen MR) is 92.8 cm³/mol. The minimum Gasteiger partial charge on any atom is -0.491 e. The Kier molecular flexibility index (Phi) is 4.90. The van der Waals surface area contributed by atoms with Crippen LogP contribution < -0.4 is 10.3 Å². The molecule has 1 N–H and O–H groups in total. The zero-order valence-electron chi connectivity index (χ0n) is 13.4. The number of aryl methyl sites for hydroxylation is 1. The van der Waals surface area contributed by atoms with Crippen LogP contribution in [0.2, 0.25) is 5.02 Å². The van der Waals surface area contributed by atoms with Gasteiger partial charge >= 0.3 is 0 Å². The summed E-state index contributed by atoms with van der Waals surface area (Å²) in [5.41, 5.74) is 0.573. The number of nitrogens with zero attached hydrogens (tertiary/aromatic N) is 1. The molecular weight excluding hydrogens is 328 g/mol. The summed E-state index contributed by atoms with van der Waals surface area (Å²) in [4.78, 5) is 29.1. The van der Waals surface area contributed by atoms with Crippen molar-refractivity contribution < 1.29 is 9.53 Å². The third-order valence-corrected chi connectivity index (χ3v) is 4.43. The Labute approximate surface area is 145 Å². The highest BCUT2D eigenvalue weighted by atomic mass is 35.5. The summed E-state index contributed by atoms with van der Waals surface area (Å²) in [6.07, 6.45) is 1.77. The molecule has 2 heterocycles. The summed E-state index contributed by atoms with van der Waals surface area (Å²) in [5.74, 6) is 0.477. The molecule has 126 valence electrons. The van der Waals surface area contributed by atoms with Gasteiger partial charge in [-0.25, -0.2) is 0 Å². The second kappa shape index (κ2) is 7.09. The molecule has 0 saturated carbocycles. The molecule has 1 aliphatic heterocycles. The Morgan fingerprint density at radius 2 is 2.04 bits per heavy atom. The number of aromatic nitrogens is 1. The summed E-state index contributed by atoms with van der Waals surface area (Å²) in [6, 6.07) is 10.4. The molecule has 24 heavy (non-hydrogen) atoms. The third kappa shape index (κ3) is 3.62.